The molecule has 0 aromatic carbocycles. The average molecular weight is 400 g/mol. The molecule has 0 radical (unpaired) electrons. The van der Waals surface area contributed by atoms with E-state index in [9.17, 15) is 9.59 Å². The minimum atomic E-state index is 0.0849. The predicted molar refractivity (Wildman–Crippen MR) is 109 cm³/mol. The van der Waals surface area contributed by atoms with Crippen LogP contribution in [0, 0.1) is 11.8 Å². The van der Waals surface area contributed by atoms with Crippen molar-refractivity contribution in [3.8, 4) is 0 Å². The fourth-order valence-corrected chi connectivity index (χ4v) is 6.01. The van der Waals surface area contributed by atoms with Gasteiger partial charge in [0, 0.05) is 42.5 Å². The highest BCUT2D eigenvalue weighted by Gasteiger charge is 2.36. The van der Waals surface area contributed by atoms with Gasteiger partial charge in [-0.2, -0.15) is 0 Å². The summed E-state index contributed by atoms with van der Waals surface area (Å²) in [5.41, 5.74) is 1.87. The van der Waals surface area contributed by atoms with Gasteiger partial charge in [0.05, 0.1) is 5.01 Å². The van der Waals surface area contributed by atoms with E-state index < -0.39 is 0 Å². The summed E-state index contributed by atoms with van der Waals surface area (Å²) < 4.78 is 0. The maximum Gasteiger partial charge on any atom is 0.277 e. The Hall–Kier alpha value is -1.69. The number of fused-ring (bicyclic) bond motifs is 1. The molecule has 1 saturated carbocycles. The SMILES string of the molecule is O=C(C1CC1)N1CCC(c2nc(C(=O)N3CCCC4CCCC=C43)cs2)CC1. The molecule has 5 nitrogen and oxygen atoms in total. The highest BCUT2D eigenvalue weighted by atomic mass is 32.1. The smallest absolute Gasteiger partial charge is 0.277 e. The van der Waals surface area contributed by atoms with E-state index in [4.69, 9.17) is 4.98 Å². The summed E-state index contributed by atoms with van der Waals surface area (Å²) in [5.74, 6) is 1.70. The van der Waals surface area contributed by atoms with Gasteiger partial charge in [0.25, 0.3) is 5.91 Å². The third-order valence-electron chi connectivity index (χ3n) is 6.84. The third kappa shape index (κ3) is 3.51. The topological polar surface area (TPSA) is 53.5 Å². The molecule has 0 spiro atoms. The standard InChI is InChI=1S/C22H29N3O2S/c26-21(17-7-8-17)24-12-9-16(10-13-24)20-23-18(14-28-20)22(27)25-11-3-5-15-4-1-2-6-19(15)25/h6,14-17H,1-5,7-13H2. The van der Waals surface area contributed by atoms with E-state index in [1.165, 1.54) is 25.0 Å². The molecule has 6 heteroatoms. The van der Waals surface area contributed by atoms with Crippen molar-refractivity contribution in [1.29, 1.82) is 0 Å². The second-order valence-corrected chi connectivity index (χ2v) is 9.69. The van der Waals surface area contributed by atoms with Crippen LogP contribution in [0.2, 0.25) is 0 Å². The molecular weight excluding hydrogens is 370 g/mol. The zero-order valence-electron chi connectivity index (χ0n) is 16.4. The number of likely N-dealkylation sites (tertiary alicyclic amines) is 2. The summed E-state index contributed by atoms with van der Waals surface area (Å²) in [7, 11) is 0. The van der Waals surface area contributed by atoms with Crippen molar-refractivity contribution in [2.45, 2.75) is 63.7 Å². The molecular formula is C22H29N3O2S. The number of amides is 2. The zero-order valence-corrected chi connectivity index (χ0v) is 17.3. The first-order chi connectivity index (χ1) is 13.7. The van der Waals surface area contributed by atoms with E-state index in [0.717, 1.165) is 63.2 Å². The molecule has 2 saturated heterocycles. The van der Waals surface area contributed by atoms with E-state index in [2.05, 4.69) is 6.08 Å². The number of nitrogens with zero attached hydrogens (tertiary/aromatic N) is 3. The third-order valence-corrected chi connectivity index (χ3v) is 7.85. The Morgan fingerprint density at radius 2 is 1.75 bits per heavy atom. The van der Waals surface area contributed by atoms with E-state index in [0.29, 0.717) is 29.4 Å². The molecule has 4 aliphatic rings. The van der Waals surface area contributed by atoms with Crippen LogP contribution in [-0.2, 0) is 4.79 Å². The lowest BCUT2D eigenvalue weighted by Crippen LogP contribution is -2.39. The molecule has 1 unspecified atom stereocenters. The lowest BCUT2D eigenvalue weighted by atomic mass is 9.85. The van der Waals surface area contributed by atoms with E-state index in [1.807, 2.05) is 15.2 Å². The number of thiazole rings is 1. The van der Waals surface area contributed by atoms with Crippen LogP contribution in [0.1, 0.15) is 79.2 Å². The lowest BCUT2D eigenvalue weighted by molar-refractivity contribution is -0.133. The molecule has 2 aliphatic heterocycles. The van der Waals surface area contributed by atoms with E-state index >= 15 is 0 Å². The van der Waals surface area contributed by atoms with Crippen molar-refractivity contribution in [2.24, 2.45) is 11.8 Å². The number of allylic oxidation sites excluding steroid dienone is 2. The van der Waals surface area contributed by atoms with Crippen LogP contribution in [-0.4, -0.2) is 46.2 Å². The highest BCUT2D eigenvalue weighted by molar-refractivity contribution is 7.09. The minimum Gasteiger partial charge on any atom is -0.342 e. The van der Waals surface area contributed by atoms with Crippen LogP contribution >= 0.6 is 11.3 Å². The van der Waals surface area contributed by atoms with Gasteiger partial charge in [0.1, 0.15) is 5.69 Å². The molecule has 1 aromatic heterocycles. The molecule has 0 bridgehead atoms. The highest BCUT2D eigenvalue weighted by Crippen LogP contribution is 2.37. The first kappa shape index (κ1) is 18.3. The molecule has 1 atom stereocenters. The number of piperidine rings is 2. The molecule has 28 heavy (non-hydrogen) atoms. The van der Waals surface area contributed by atoms with Gasteiger partial charge in [-0.1, -0.05) is 6.08 Å². The Kier molecular flexibility index (Phi) is 4.99. The van der Waals surface area contributed by atoms with Crippen molar-refractivity contribution in [1.82, 2.24) is 14.8 Å². The molecule has 2 aliphatic carbocycles. The molecule has 150 valence electrons. The Balaban J connectivity index is 1.24. The van der Waals surface area contributed by atoms with E-state index in [-0.39, 0.29) is 5.91 Å². The predicted octanol–water partition coefficient (Wildman–Crippen LogP) is 4.18. The summed E-state index contributed by atoms with van der Waals surface area (Å²) in [6, 6.07) is 0. The normalized spacial score (nSPS) is 26.0. The van der Waals surface area contributed by atoms with Crippen LogP contribution in [0.15, 0.2) is 17.2 Å². The first-order valence-electron chi connectivity index (χ1n) is 11.0. The number of hydrogen-bond donors (Lipinski definition) is 0. The average Bonchev–Trinajstić information content (AvgIpc) is 3.49. The maximum absolute atomic E-state index is 13.2. The minimum absolute atomic E-state index is 0.0849. The van der Waals surface area contributed by atoms with Crippen molar-refractivity contribution < 1.29 is 9.59 Å². The second-order valence-electron chi connectivity index (χ2n) is 8.80. The fraction of sp³-hybridized carbons (Fsp3) is 0.682. The summed E-state index contributed by atoms with van der Waals surface area (Å²) in [5, 5.41) is 3.03. The molecule has 3 heterocycles. The number of hydrogen-bond acceptors (Lipinski definition) is 4. The summed E-state index contributed by atoms with van der Waals surface area (Å²) in [6.45, 7) is 2.50. The lowest BCUT2D eigenvalue weighted by Gasteiger charge is -2.37. The van der Waals surface area contributed by atoms with Crippen LogP contribution in [0.4, 0.5) is 0 Å². The summed E-state index contributed by atoms with van der Waals surface area (Å²) in [4.78, 5) is 34.2. The van der Waals surface area contributed by atoms with Crippen molar-refractivity contribution >= 4 is 23.2 Å². The van der Waals surface area contributed by atoms with Crippen molar-refractivity contribution in [3.05, 3.63) is 27.9 Å². The summed E-state index contributed by atoms with van der Waals surface area (Å²) in [6.07, 6.45) is 12.2. The maximum atomic E-state index is 13.2. The fourth-order valence-electron chi connectivity index (χ4n) is 5.04. The monoisotopic (exact) mass is 399 g/mol. The van der Waals surface area contributed by atoms with Gasteiger partial charge in [0.2, 0.25) is 5.91 Å². The van der Waals surface area contributed by atoms with Crippen LogP contribution in [0.25, 0.3) is 0 Å². The quantitative estimate of drug-likeness (QED) is 0.766. The Morgan fingerprint density at radius 1 is 0.964 bits per heavy atom. The van der Waals surface area contributed by atoms with Gasteiger partial charge in [-0.15, -0.1) is 11.3 Å². The number of aromatic nitrogens is 1. The second kappa shape index (κ2) is 7.62. The van der Waals surface area contributed by atoms with Crippen molar-refractivity contribution in [2.75, 3.05) is 19.6 Å². The summed E-state index contributed by atoms with van der Waals surface area (Å²) >= 11 is 1.62. The Bertz CT molecular complexity index is 789. The van der Waals surface area contributed by atoms with Crippen LogP contribution < -0.4 is 0 Å². The van der Waals surface area contributed by atoms with Gasteiger partial charge in [-0.3, -0.25) is 9.59 Å². The van der Waals surface area contributed by atoms with Gasteiger partial charge in [-0.25, -0.2) is 4.98 Å². The Morgan fingerprint density at radius 3 is 2.54 bits per heavy atom. The zero-order chi connectivity index (χ0) is 19.1. The van der Waals surface area contributed by atoms with Crippen LogP contribution in [0.5, 0.6) is 0 Å². The number of rotatable bonds is 3. The van der Waals surface area contributed by atoms with Gasteiger partial charge in [0.15, 0.2) is 0 Å². The number of carbonyl (C=O) groups is 2. The largest absolute Gasteiger partial charge is 0.342 e. The molecule has 0 N–H and O–H groups in total. The molecule has 2 amide bonds. The molecule has 1 aromatic rings. The van der Waals surface area contributed by atoms with Gasteiger partial charge < -0.3 is 9.80 Å². The molecule has 5 rings (SSSR count). The van der Waals surface area contributed by atoms with Crippen molar-refractivity contribution in [3.63, 3.8) is 0 Å². The van der Waals surface area contributed by atoms with E-state index in [1.54, 1.807) is 11.3 Å². The van der Waals surface area contributed by atoms with Crippen LogP contribution in [0.3, 0.4) is 0 Å². The molecule has 3 fully saturated rings. The first-order valence-corrected chi connectivity index (χ1v) is 11.8. The number of carbonyl (C=O) groups excluding carboxylic acids is 2. The Labute approximate surface area is 170 Å². The van der Waals surface area contributed by atoms with Gasteiger partial charge in [-0.05, 0) is 63.7 Å². The van der Waals surface area contributed by atoms with Gasteiger partial charge >= 0.3 is 0 Å².